The Labute approximate surface area is 116 Å². The van der Waals surface area contributed by atoms with Gasteiger partial charge in [-0.1, -0.05) is 0 Å². The van der Waals surface area contributed by atoms with Gasteiger partial charge < -0.3 is 15.0 Å². The predicted octanol–water partition coefficient (Wildman–Crippen LogP) is 0.306. The van der Waals surface area contributed by atoms with E-state index in [4.69, 9.17) is 4.74 Å². The summed E-state index contributed by atoms with van der Waals surface area (Å²) in [5.74, 6) is 0.214. The first-order valence-corrected chi connectivity index (χ1v) is 7.44. The zero-order valence-electron chi connectivity index (χ0n) is 12.4. The molecule has 2 saturated heterocycles. The number of carbonyl (C=O) groups is 1. The van der Waals surface area contributed by atoms with Crippen molar-refractivity contribution >= 4 is 5.91 Å². The van der Waals surface area contributed by atoms with E-state index in [-0.39, 0.29) is 11.9 Å². The van der Waals surface area contributed by atoms with Crippen LogP contribution in [-0.2, 0) is 9.53 Å². The van der Waals surface area contributed by atoms with Crippen LogP contribution in [0.1, 0.15) is 27.2 Å². The third-order valence-corrected chi connectivity index (χ3v) is 4.13. The van der Waals surface area contributed by atoms with Crippen LogP contribution in [0.4, 0.5) is 0 Å². The Balaban J connectivity index is 1.77. The average Bonchev–Trinajstić information content (AvgIpc) is 2.87. The van der Waals surface area contributed by atoms with Gasteiger partial charge in [0.15, 0.2) is 0 Å². The maximum atomic E-state index is 12.3. The van der Waals surface area contributed by atoms with Crippen molar-refractivity contribution in [3.8, 4) is 0 Å². The number of hydrogen-bond acceptors (Lipinski definition) is 4. The number of nitrogens with zero attached hydrogens (tertiary/aromatic N) is 2. The standard InChI is InChI=1S/C14H27N3O2/c1-11(2)17-5-4-13(10-17)15-12(3)14(18)16-6-8-19-9-7-16/h11-13,15H,4-10H2,1-3H3. The van der Waals surface area contributed by atoms with Gasteiger partial charge in [0.05, 0.1) is 19.3 Å². The molecule has 2 fully saturated rings. The fourth-order valence-electron chi connectivity index (χ4n) is 2.87. The first-order valence-electron chi connectivity index (χ1n) is 7.44. The highest BCUT2D eigenvalue weighted by Gasteiger charge is 2.28. The van der Waals surface area contributed by atoms with Crippen molar-refractivity contribution in [1.82, 2.24) is 15.1 Å². The molecule has 0 aromatic rings. The predicted molar refractivity (Wildman–Crippen MR) is 75.1 cm³/mol. The summed E-state index contributed by atoms with van der Waals surface area (Å²) < 4.78 is 5.28. The summed E-state index contributed by atoms with van der Waals surface area (Å²) in [4.78, 5) is 16.7. The third-order valence-electron chi connectivity index (χ3n) is 4.13. The third kappa shape index (κ3) is 3.91. The molecular formula is C14H27N3O2. The molecule has 110 valence electrons. The molecule has 0 radical (unpaired) electrons. The molecule has 2 aliphatic rings. The Morgan fingerprint density at radius 1 is 1.21 bits per heavy atom. The van der Waals surface area contributed by atoms with Crippen molar-refractivity contribution in [3.05, 3.63) is 0 Å². The Morgan fingerprint density at radius 3 is 2.47 bits per heavy atom. The fourth-order valence-corrected chi connectivity index (χ4v) is 2.87. The molecule has 5 nitrogen and oxygen atoms in total. The molecule has 2 atom stereocenters. The number of rotatable bonds is 4. The van der Waals surface area contributed by atoms with Gasteiger partial charge in [0.1, 0.15) is 0 Å². The van der Waals surface area contributed by atoms with Crippen LogP contribution in [0, 0.1) is 0 Å². The molecule has 0 aromatic carbocycles. The van der Waals surface area contributed by atoms with Gasteiger partial charge in [-0.25, -0.2) is 0 Å². The highest BCUT2D eigenvalue weighted by Crippen LogP contribution is 2.13. The molecule has 0 spiro atoms. The lowest BCUT2D eigenvalue weighted by molar-refractivity contribution is -0.137. The van der Waals surface area contributed by atoms with Crippen LogP contribution in [-0.4, -0.2) is 73.2 Å². The Hall–Kier alpha value is -0.650. The SMILES string of the molecule is CC(NC1CCN(C(C)C)C1)C(=O)N1CCOCC1. The lowest BCUT2D eigenvalue weighted by Gasteiger charge is -2.30. The molecular weight excluding hydrogens is 242 g/mol. The lowest BCUT2D eigenvalue weighted by atomic mass is 10.2. The highest BCUT2D eigenvalue weighted by atomic mass is 16.5. The molecule has 0 aromatic heterocycles. The van der Waals surface area contributed by atoms with Crippen LogP contribution < -0.4 is 5.32 Å². The molecule has 0 aliphatic carbocycles. The second kappa shape index (κ2) is 6.68. The van der Waals surface area contributed by atoms with E-state index in [1.54, 1.807) is 0 Å². The zero-order chi connectivity index (χ0) is 13.8. The average molecular weight is 269 g/mol. The highest BCUT2D eigenvalue weighted by molar-refractivity contribution is 5.81. The second-order valence-corrected chi connectivity index (χ2v) is 5.90. The summed E-state index contributed by atoms with van der Waals surface area (Å²) in [5, 5.41) is 3.49. The maximum absolute atomic E-state index is 12.3. The van der Waals surface area contributed by atoms with Crippen molar-refractivity contribution < 1.29 is 9.53 Å². The van der Waals surface area contributed by atoms with Crippen LogP contribution >= 0.6 is 0 Å². The van der Waals surface area contributed by atoms with Crippen molar-refractivity contribution in [2.45, 2.75) is 45.3 Å². The van der Waals surface area contributed by atoms with Crippen molar-refractivity contribution in [1.29, 1.82) is 0 Å². The molecule has 2 heterocycles. The van der Waals surface area contributed by atoms with Crippen LogP contribution in [0.3, 0.4) is 0 Å². The van der Waals surface area contributed by atoms with Gasteiger partial charge in [0, 0.05) is 31.7 Å². The minimum Gasteiger partial charge on any atom is -0.378 e. The monoisotopic (exact) mass is 269 g/mol. The first kappa shape index (κ1) is 14.8. The molecule has 1 amide bonds. The van der Waals surface area contributed by atoms with E-state index in [2.05, 4.69) is 24.1 Å². The summed E-state index contributed by atoms with van der Waals surface area (Å²) in [6.45, 7) is 11.4. The molecule has 2 rings (SSSR count). The fraction of sp³-hybridized carbons (Fsp3) is 0.929. The van der Waals surface area contributed by atoms with E-state index in [1.165, 1.54) is 0 Å². The Kier molecular flexibility index (Phi) is 5.19. The first-order chi connectivity index (χ1) is 9.08. The number of carbonyl (C=O) groups excluding carboxylic acids is 1. The minimum atomic E-state index is -0.0878. The number of hydrogen-bond donors (Lipinski definition) is 1. The van der Waals surface area contributed by atoms with Crippen molar-refractivity contribution in [2.75, 3.05) is 39.4 Å². The number of nitrogens with one attached hydrogen (secondary N) is 1. The second-order valence-electron chi connectivity index (χ2n) is 5.90. The number of morpholine rings is 1. The number of ether oxygens (including phenoxy) is 1. The smallest absolute Gasteiger partial charge is 0.239 e. The van der Waals surface area contributed by atoms with E-state index in [0.29, 0.717) is 25.3 Å². The molecule has 2 aliphatic heterocycles. The van der Waals surface area contributed by atoms with Crippen molar-refractivity contribution in [2.24, 2.45) is 0 Å². The van der Waals surface area contributed by atoms with Gasteiger partial charge in [-0.05, 0) is 33.7 Å². The van der Waals surface area contributed by atoms with Crippen LogP contribution in [0.5, 0.6) is 0 Å². The van der Waals surface area contributed by atoms with Gasteiger partial charge in [0.25, 0.3) is 0 Å². The van der Waals surface area contributed by atoms with Gasteiger partial charge >= 0.3 is 0 Å². The van der Waals surface area contributed by atoms with Gasteiger partial charge in [-0.3, -0.25) is 9.69 Å². The van der Waals surface area contributed by atoms with E-state index in [0.717, 1.165) is 32.6 Å². The van der Waals surface area contributed by atoms with Crippen molar-refractivity contribution in [3.63, 3.8) is 0 Å². The Bertz CT molecular complexity index is 303. The molecule has 0 saturated carbocycles. The summed E-state index contributed by atoms with van der Waals surface area (Å²) >= 11 is 0. The number of amides is 1. The number of likely N-dealkylation sites (tertiary alicyclic amines) is 1. The van der Waals surface area contributed by atoms with Gasteiger partial charge in [-0.2, -0.15) is 0 Å². The van der Waals surface area contributed by atoms with E-state index in [1.807, 2.05) is 11.8 Å². The lowest BCUT2D eigenvalue weighted by Crippen LogP contribution is -2.52. The maximum Gasteiger partial charge on any atom is 0.239 e. The summed E-state index contributed by atoms with van der Waals surface area (Å²) in [5.41, 5.74) is 0. The van der Waals surface area contributed by atoms with E-state index >= 15 is 0 Å². The van der Waals surface area contributed by atoms with Crippen LogP contribution in [0.15, 0.2) is 0 Å². The normalized spacial score (nSPS) is 26.9. The molecule has 1 N–H and O–H groups in total. The summed E-state index contributed by atoms with van der Waals surface area (Å²) in [6.07, 6.45) is 1.14. The molecule has 19 heavy (non-hydrogen) atoms. The van der Waals surface area contributed by atoms with Gasteiger partial charge in [0.2, 0.25) is 5.91 Å². The quantitative estimate of drug-likeness (QED) is 0.797. The Morgan fingerprint density at radius 2 is 1.89 bits per heavy atom. The van der Waals surface area contributed by atoms with E-state index < -0.39 is 0 Å². The molecule has 2 unspecified atom stereocenters. The largest absolute Gasteiger partial charge is 0.378 e. The summed E-state index contributed by atoms with van der Waals surface area (Å²) in [6, 6.07) is 0.953. The zero-order valence-corrected chi connectivity index (χ0v) is 12.4. The minimum absolute atomic E-state index is 0.0878. The summed E-state index contributed by atoms with van der Waals surface area (Å²) in [7, 11) is 0. The molecule has 5 heteroatoms. The van der Waals surface area contributed by atoms with Gasteiger partial charge in [-0.15, -0.1) is 0 Å². The van der Waals surface area contributed by atoms with E-state index in [9.17, 15) is 4.79 Å². The topological polar surface area (TPSA) is 44.8 Å². The van der Waals surface area contributed by atoms with Crippen LogP contribution in [0.2, 0.25) is 0 Å². The molecule has 0 bridgehead atoms. The van der Waals surface area contributed by atoms with Crippen LogP contribution in [0.25, 0.3) is 0 Å².